The quantitative estimate of drug-likeness (QED) is 0.267. The number of carbonyl (C=O) groups excluding carboxylic acids is 2. The van der Waals surface area contributed by atoms with Gasteiger partial charge in [0.2, 0.25) is 29.5 Å². The van der Waals surface area contributed by atoms with Crippen molar-refractivity contribution < 1.29 is 27.8 Å². The summed E-state index contributed by atoms with van der Waals surface area (Å²) in [6.45, 7) is 9.35. The van der Waals surface area contributed by atoms with Crippen LogP contribution in [0.25, 0.3) is 12.2 Å². The number of pyridine rings is 2. The maximum atomic E-state index is 13.2. The predicted molar refractivity (Wildman–Crippen MR) is 152 cm³/mol. The molecular formula is C30H34F2N4O4. The summed E-state index contributed by atoms with van der Waals surface area (Å²) < 4.78 is 37.7. The number of allylic oxidation sites excluding steroid dienone is 2. The van der Waals surface area contributed by atoms with Crippen molar-refractivity contribution in [3.8, 4) is 11.8 Å². The maximum Gasteiger partial charge on any atom is 0.249 e. The van der Waals surface area contributed by atoms with E-state index >= 15 is 0 Å². The standard InChI is InChI=1S/C30H34F2N4O4/c1-5-26(37)35-24-14-22(28(39-4)33-18-24)9-7-8-20(3)12-13-40-29-23(11-10-21-16-30(31,32)17-21)15-25(19-34-29)36-27(38)6-2/h5-7,9-11,14-15,18-21H,1-2,8,12-13,16-17H2,3-4H3,(H,35,37)(H,36,38)/b9-7+,11-10+. The highest BCUT2D eigenvalue weighted by Crippen LogP contribution is 2.43. The highest BCUT2D eigenvalue weighted by atomic mass is 19.3. The van der Waals surface area contributed by atoms with E-state index in [2.05, 4.69) is 40.7 Å². The molecule has 0 aromatic carbocycles. The minimum atomic E-state index is -2.61. The second kappa shape index (κ2) is 14.2. The highest BCUT2D eigenvalue weighted by Gasteiger charge is 2.43. The maximum absolute atomic E-state index is 13.2. The van der Waals surface area contributed by atoms with Gasteiger partial charge in [0.25, 0.3) is 0 Å². The Balaban J connectivity index is 1.58. The lowest BCUT2D eigenvalue weighted by molar-refractivity contribution is -0.112. The molecule has 0 aliphatic heterocycles. The fourth-order valence-corrected chi connectivity index (χ4v) is 3.98. The van der Waals surface area contributed by atoms with Crippen molar-refractivity contribution in [3.05, 3.63) is 73.1 Å². The molecule has 0 radical (unpaired) electrons. The Bertz CT molecular complexity index is 1280. The molecule has 1 aliphatic carbocycles. The number of methoxy groups -OCH3 is 1. The number of hydrogen-bond donors (Lipinski definition) is 2. The van der Waals surface area contributed by atoms with E-state index in [-0.39, 0.29) is 36.5 Å². The molecule has 1 saturated carbocycles. The van der Waals surface area contributed by atoms with Gasteiger partial charge in [-0.1, -0.05) is 44.4 Å². The van der Waals surface area contributed by atoms with E-state index in [4.69, 9.17) is 9.47 Å². The van der Waals surface area contributed by atoms with Gasteiger partial charge in [0.1, 0.15) is 0 Å². The number of carbonyl (C=O) groups is 2. The third-order valence-electron chi connectivity index (χ3n) is 6.21. The molecule has 0 spiro atoms. The Hall–Kier alpha value is -4.34. The van der Waals surface area contributed by atoms with Crippen LogP contribution in [0.5, 0.6) is 11.8 Å². The average molecular weight is 553 g/mol. The summed E-state index contributed by atoms with van der Waals surface area (Å²) in [4.78, 5) is 31.8. The van der Waals surface area contributed by atoms with Crippen molar-refractivity contribution in [2.75, 3.05) is 24.4 Å². The lowest BCUT2D eigenvalue weighted by Crippen LogP contribution is -2.33. The molecule has 212 valence electrons. The summed E-state index contributed by atoms with van der Waals surface area (Å²) in [7, 11) is 1.53. The van der Waals surface area contributed by atoms with Gasteiger partial charge in [-0.05, 0) is 49.0 Å². The first-order chi connectivity index (χ1) is 19.1. The SMILES string of the molecule is C=CC(=O)Nc1cnc(OC)c(/C=C/CC(C)CCOc2ncc(NC(=O)C=C)cc2/C=C/C2CC(F)(F)C2)c1. The first-order valence-corrected chi connectivity index (χ1v) is 12.9. The number of amides is 2. The Morgan fingerprint density at radius 2 is 1.62 bits per heavy atom. The van der Waals surface area contributed by atoms with Crippen LogP contribution in [0.15, 0.2) is 62.0 Å². The van der Waals surface area contributed by atoms with Crippen LogP contribution < -0.4 is 20.1 Å². The van der Waals surface area contributed by atoms with Gasteiger partial charge in [0.15, 0.2) is 0 Å². The molecule has 10 heteroatoms. The minimum Gasteiger partial charge on any atom is -0.481 e. The van der Waals surface area contributed by atoms with E-state index in [0.29, 0.717) is 35.3 Å². The van der Waals surface area contributed by atoms with Gasteiger partial charge >= 0.3 is 0 Å². The summed E-state index contributed by atoms with van der Waals surface area (Å²) >= 11 is 0. The summed E-state index contributed by atoms with van der Waals surface area (Å²) in [6, 6.07) is 3.46. The number of nitrogens with zero attached hydrogens (tertiary/aromatic N) is 2. The Labute approximate surface area is 232 Å². The first kappa shape index (κ1) is 30.2. The monoisotopic (exact) mass is 552 g/mol. The minimum absolute atomic E-state index is 0.180. The van der Waals surface area contributed by atoms with E-state index in [9.17, 15) is 18.4 Å². The van der Waals surface area contributed by atoms with Crippen LogP contribution in [-0.2, 0) is 9.59 Å². The molecule has 1 fully saturated rings. The number of nitrogens with one attached hydrogen (secondary N) is 2. The van der Waals surface area contributed by atoms with Crippen molar-refractivity contribution in [3.63, 3.8) is 0 Å². The molecule has 1 aliphatic rings. The molecule has 0 bridgehead atoms. The number of aromatic nitrogens is 2. The number of halogens is 2. The van der Waals surface area contributed by atoms with Crippen LogP contribution in [0.1, 0.15) is 43.7 Å². The van der Waals surface area contributed by atoms with Gasteiger partial charge in [0, 0.05) is 24.0 Å². The van der Waals surface area contributed by atoms with Crippen LogP contribution in [0.4, 0.5) is 20.2 Å². The molecular weight excluding hydrogens is 518 g/mol. The number of hydrogen-bond acceptors (Lipinski definition) is 6. The zero-order valence-corrected chi connectivity index (χ0v) is 22.7. The van der Waals surface area contributed by atoms with Crippen LogP contribution in [0.2, 0.25) is 0 Å². The van der Waals surface area contributed by atoms with E-state index in [1.807, 2.05) is 12.2 Å². The van der Waals surface area contributed by atoms with E-state index in [1.54, 1.807) is 24.3 Å². The first-order valence-electron chi connectivity index (χ1n) is 12.9. The van der Waals surface area contributed by atoms with E-state index < -0.39 is 5.92 Å². The molecule has 8 nitrogen and oxygen atoms in total. The van der Waals surface area contributed by atoms with Crippen molar-refractivity contribution in [2.45, 2.75) is 38.5 Å². The normalized spacial score (nSPS) is 15.3. The van der Waals surface area contributed by atoms with Gasteiger partial charge in [0.05, 0.1) is 37.5 Å². The molecule has 40 heavy (non-hydrogen) atoms. The second-order valence-corrected chi connectivity index (χ2v) is 9.59. The van der Waals surface area contributed by atoms with Crippen LogP contribution in [-0.4, -0.2) is 41.4 Å². The van der Waals surface area contributed by atoms with Crippen molar-refractivity contribution in [1.29, 1.82) is 0 Å². The lowest BCUT2D eigenvalue weighted by Gasteiger charge is -2.32. The summed E-state index contributed by atoms with van der Waals surface area (Å²) in [5, 5.41) is 5.32. The molecule has 2 aromatic rings. The number of rotatable bonds is 14. The number of ether oxygens (including phenoxy) is 2. The fraction of sp³-hybridized carbons (Fsp3) is 0.333. The molecule has 0 saturated heterocycles. The molecule has 1 unspecified atom stereocenters. The lowest BCUT2D eigenvalue weighted by atomic mass is 9.81. The molecule has 2 heterocycles. The smallest absolute Gasteiger partial charge is 0.249 e. The largest absolute Gasteiger partial charge is 0.481 e. The average Bonchev–Trinajstić information content (AvgIpc) is 2.91. The number of anilines is 2. The fourth-order valence-electron chi connectivity index (χ4n) is 3.98. The third-order valence-corrected chi connectivity index (χ3v) is 6.21. The Morgan fingerprint density at radius 3 is 2.17 bits per heavy atom. The van der Waals surface area contributed by atoms with Gasteiger partial charge in [-0.15, -0.1) is 0 Å². The number of alkyl halides is 2. The molecule has 2 aromatic heterocycles. The van der Waals surface area contributed by atoms with E-state index in [0.717, 1.165) is 24.5 Å². The zero-order chi connectivity index (χ0) is 29.1. The highest BCUT2D eigenvalue weighted by molar-refractivity contribution is 5.99. The van der Waals surface area contributed by atoms with Gasteiger partial charge < -0.3 is 20.1 Å². The van der Waals surface area contributed by atoms with Gasteiger partial charge in [-0.2, -0.15) is 0 Å². The summed E-state index contributed by atoms with van der Waals surface area (Å²) in [5.74, 6) is -2.47. The van der Waals surface area contributed by atoms with Gasteiger partial charge in [-0.3, -0.25) is 9.59 Å². The molecule has 2 N–H and O–H groups in total. The summed E-state index contributed by atoms with van der Waals surface area (Å²) in [6.07, 6.45) is 13.8. The van der Waals surface area contributed by atoms with Crippen molar-refractivity contribution in [2.24, 2.45) is 11.8 Å². The zero-order valence-electron chi connectivity index (χ0n) is 22.7. The van der Waals surface area contributed by atoms with Crippen LogP contribution in [0.3, 0.4) is 0 Å². The van der Waals surface area contributed by atoms with Crippen LogP contribution in [0, 0.1) is 11.8 Å². The topological polar surface area (TPSA) is 102 Å². The second-order valence-electron chi connectivity index (χ2n) is 9.59. The predicted octanol–water partition coefficient (Wildman–Crippen LogP) is 6.30. The summed E-state index contributed by atoms with van der Waals surface area (Å²) in [5.41, 5.74) is 2.30. The van der Waals surface area contributed by atoms with Crippen LogP contribution >= 0.6 is 0 Å². The third kappa shape index (κ3) is 9.14. The van der Waals surface area contributed by atoms with E-state index in [1.165, 1.54) is 25.6 Å². The molecule has 3 rings (SSSR count). The van der Waals surface area contributed by atoms with Crippen molar-refractivity contribution in [1.82, 2.24) is 9.97 Å². The van der Waals surface area contributed by atoms with Gasteiger partial charge in [-0.25, -0.2) is 18.7 Å². The molecule has 1 atom stereocenters. The van der Waals surface area contributed by atoms with Crippen molar-refractivity contribution >= 4 is 35.3 Å². The molecule has 2 amide bonds. The Kier molecular flexibility index (Phi) is 10.7. The Morgan fingerprint density at radius 1 is 1.05 bits per heavy atom.